The van der Waals surface area contributed by atoms with Gasteiger partial charge in [0.05, 0.1) is 32.7 Å². The molecule has 1 N–H and O–H groups in total. The summed E-state index contributed by atoms with van der Waals surface area (Å²) in [6.45, 7) is 1.89. The van der Waals surface area contributed by atoms with E-state index in [1.54, 1.807) is 13.1 Å². The highest BCUT2D eigenvalue weighted by molar-refractivity contribution is 9.10. The molecule has 1 aliphatic heterocycles. The molecule has 0 radical (unpaired) electrons. The van der Waals surface area contributed by atoms with Crippen LogP contribution < -0.4 is 0 Å². The molecular formula is C16H12BrClF3N3O. The SMILES string of the molecule is CCN1C(c2c(F)cc(F)cc2F)=C(n2cc(Br)cn2)C=C(Cl)C1O. The van der Waals surface area contributed by atoms with E-state index in [1.165, 1.54) is 21.9 Å². The normalized spacial score (nSPS) is 18.0. The Hall–Kier alpha value is -1.77. The highest BCUT2D eigenvalue weighted by Crippen LogP contribution is 2.38. The Balaban J connectivity index is 2.35. The first-order valence-corrected chi connectivity index (χ1v) is 8.42. The Labute approximate surface area is 154 Å². The largest absolute Gasteiger partial charge is 0.368 e. The zero-order chi connectivity index (χ0) is 18.3. The van der Waals surface area contributed by atoms with Gasteiger partial charge in [0.25, 0.3) is 0 Å². The van der Waals surface area contributed by atoms with Crippen LogP contribution in [0.2, 0.25) is 0 Å². The van der Waals surface area contributed by atoms with Crippen molar-refractivity contribution >= 4 is 38.9 Å². The summed E-state index contributed by atoms with van der Waals surface area (Å²) < 4.78 is 44.1. The summed E-state index contributed by atoms with van der Waals surface area (Å²) in [6, 6.07) is 1.17. The topological polar surface area (TPSA) is 41.3 Å². The van der Waals surface area contributed by atoms with Gasteiger partial charge in [0.1, 0.15) is 17.5 Å². The maximum Gasteiger partial charge on any atom is 0.164 e. The summed E-state index contributed by atoms with van der Waals surface area (Å²) in [6.07, 6.45) is 3.15. The molecule has 1 atom stereocenters. The Morgan fingerprint density at radius 3 is 2.44 bits per heavy atom. The summed E-state index contributed by atoms with van der Waals surface area (Å²) in [7, 11) is 0. The summed E-state index contributed by atoms with van der Waals surface area (Å²) in [5.41, 5.74) is -0.207. The van der Waals surface area contributed by atoms with Crippen molar-refractivity contribution in [1.29, 1.82) is 0 Å². The molecule has 0 saturated carbocycles. The van der Waals surface area contributed by atoms with E-state index in [9.17, 15) is 18.3 Å². The minimum absolute atomic E-state index is 0.0185. The van der Waals surface area contributed by atoms with Crippen LogP contribution in [0.5, 0.6) is 0 Å². The lowest BCUT2D eigenvalue weighted by molar-refractivity contribution is 0.0862. The van der Waals surface area contributed by atoms with Gasteiger partial charge in [0.15, 0.2) is 6.23 Å². The van der Waals surface area contributed by atoms with E-state index in [1.807, 2.05) is 0 Å². The standard InChI is InChI=1S/C16H12BrClF3N3O/c1-2-23-15(14-11(20)3-9(19)4-12(14)21)13(5-10(18)16(23)25)24-7-8(17)6-22-24/h3-7,16,25H,2H2,1H3. The van der Waals surface area contributed by atoms with Crippen molar-refractivity contribution < 1.29 is 18.3 Å². The number of hydrogen-bond acceptors (Lipinski definition) is 3. The molecule has 0 spiro atoms. The van der Waals surface area contributed by atoms with Crippen molar-refractivity contribution in [1.82, 2.24) is 14.7 Å². The van der Waals surface area contributed by atoms with Gasteiger partial charge < -0.3 is 10.0 Å². The Morgan fingerprint density at radius 2 is 1.92 bits per heavy atom. The van der Waals surface area contributed by atoms with Gasteiger partial charge in [-0.05, 0) is 28.9 Å². The molecular weight excluding hydrogens is 423 g/mol. The summed E-state index contributed by atoms with van der Waals surface area (Å²) in [5, 5.41) is 14.5. The maximum atomic E-state index is 14.4. The Kier molecular flexibility index (Phi) is 4.95. The third kappa shape index (κ3) is 3.21. The molecule has 0 amide bonds. The number of hydrogen-bond donors (Lipinski definition) is 1. The van der Waals surface area contributed by atoms with Crippen LogP contribution in [-0.2, 0) is 0 Å². The molecule has 0 bridgehead atoms. The number of aromatic nitrogens is 2. The first-order valence-electron chi connectivity index (χ1n) is 7.25. The molecule has 9 heteroatoms. The van der Waals surface area contributed by atoms with Gasteiger partial charge in [-0.25, -0.2) is 17.9 Å². The Bertz CT molecular complexity index is 873. The van der Waals surface area contributed by atoms with Gasteiger partial charge in [0.2, 0.25) is 0 Å². The minimum Gasteiger partial charge on any atom is -0.368 e. The minimum atomic E-state index is -1.28. The number of nitrogens with zero attached hydrogens (tertiary/aromatic N) is 3. The number of rotatable bonds is 3. The van der Waals surface area contributed by atoms with Gasteiger partial charge in [0, 0.05) is 24.9 Å². The smallest absolute Gasteiger partial charge is 0.164 e. The molecule has 1 aromatic carbocycles. The fraction of sp³-hybridized carbons (Fsp3) is 0.188. The molecule has 1 aliphatic rings. The molecule has 25 heavy (non-hydrogen) atoms. The van der Waals surface area contributed by atoms with E-state index in [4.69, 9.17) is 11.6 Å². The van der Waals surface area contributed by atoms with Crippen LogP contribution in [0.25, 0.3) is 11.4 Å². The number of aliphatic hydroxyl groups is 1. The van der Waals surface area contributed by atoms with E-state index < -0.39 is 29.2 Å². The zero-order valence-corrected chi connectivity index (χ0v) is 15.2. The van der Waals surface area contributed by atoms with Gasteiger partial charge >= 0.3 is 0 Å². The predicted molar refractivity (Wildman–Crippen MR) is 91.7 cm³/mol. The lowest BCUT2D eigenvalue weighted by Crippen LogP contribution is -2.38. The van der Waals surface area contributed by atoms with Crippen molar-refractivity contribution in [3.8, 4) is 0 Å². The highest BCUT2D eigenvalue weighted by atomic mass is 79.9. The van der Waals surface area contributed by atoms with E-state index in [0.717, 1.165) is 0 Å². The quantitative estimate of drug-likeness (QED) is 0.788. The van der Waals surface area contributed by atoms with Crippen molar-refractivity contribution in [2.75, 3.05) is 6.54 Å². The highest BCUT2D eigenvalue weighted by Gasteiger charge is 2.32. The van der Waals surface area contributed by atoms with E-state index in [-0.39, 0.29) is 23.0 Å². The maximum absolute atomic E-state index is 14.4. The van der Waals surface area contributed by atoms with Gasteiger partial charge in [-0.3, -0.25) is 0 Å². The van der Waals surface area contributed by atoms with Gasteiger partial charge in [-0.1, -0.05) is 11.6 Å². The lowest BCUT2D eigenvalue weighted by atomic mass is 10.0. The van der Waals surface area contributed by atoms with Crippen LogP contribution in [0.4, 0.5) is 13.2 Å². The molecule has 4 nitrogen and oxygen atoms in total. The monoisotopic (exact) mass is 433 g/mol. The third-order valence-electron chi connectivity index (χ3n) is 3.73. The van der Waals surface area contributed by atoms with Crippen molar-refractivity contribution in [2.24, 2.45) is 0 Å². The van der Waals surface area contributed by atoms with Crippen LogP contribution >= 0.6 is 27.5 Å². The van der Waals surface area contributed by atoms with Crippen molar-refractivity contribution in [3.05, 3.63) is 63.1 Å². The third-order valence-corrected chi connectivity index (χ3v) is 4.44. The van der Waals surface area contributed by atoms with Crippen molar-refractivity contribution in [2.45, 2.75) is 13.2 Å². The fourth-order valence-corrected chi connectivity index (χ4v) is 3.18. The number of benzene rings is 1. The van der Waals surface area contributed by atoms with Crippen LogP contribution in [0, 0.1) is 17.5 Å². The second kappa shape index (κ2) is 6.86. The first kappa shape index (κ1) is 18.0. The molecule has 0 aliphatic carbocycles. The molecule has 132 valence electrons. The first-order chi connectivity index (χ1) is 11.8. The van der Waals surface area contributed by atoms with Gasteiger partial charge in [-0.15, -0.1) is 0 Å². The zero-order valence-electron chi connectivity index (χ0n) is 12.8. The molecule has 0 fully saturated rings. The average Bonchev–Trinajstić information content (AvgIpc) is 2.96. The second-order valence-corrected chi connectivity index (χ2v) is 6.62. The van der Waals surface area contributed by atoms with Crippen molar-refractivity contribution in [3.63, 3.8) is 0 Å². The van der Waals surface area contributed by atoms with Crippen LogP contribution in [0.3, 0.4) is 0 Å². The fourth-order valence-electron chi connectivity index (χ4n) is 2.67. The second-order valence-electron chi connectivity index (χ2n) is 5.27. The lowest BCUT2D eigenvalue weighted by Gasteiger charge is -2.35. The summed E-state index contributed by atoms with van der Waals surface area (Å²) >= 11 is 9.34. The molecule has 0 saturated heterocycles. The molecule has 1 unspecified atom stereocenters. The Morgan fingerprint density at radius 1 is 1.28 bits per heavy atom. The molecule has 1 aromatic heterocycles. The molecule has 2 aromatic rings. The number of likely N-dealkylation sites (N-methyl/N-ethyl adjacent to an activating group) is 1. The van der Waals surface area contributed by atoms with E-state index in [2.05, 4.69) is 21.0 Å². The summed E-state index contributed by atoms with van der Waals surface area (Å²) in [5.74, 6) is -3.21. The molecule has 3 rings (SSSR count). The summed E-state index contributed by atoms with van der Waals surface area (Å²) in [4.78, 5) is 1.31. The van der Waals surface area contributed by atoms with Crippen LogP contribution in [0.15, 0.2) is 40.1 Å². The van der Waals surface area contributed by atoms with Gasteiger partial charge in [-0.2, -0.15) is 5.10 Å². The van der Waals surface area contributed by atoms with Crippen LogP contribution in [-0.4, -0.2) is 32.6 Å². The predicted octanol–water partition coefficient (Wildman–Crippen LogP) is 4.17. The number of aliphatic hydroxyl groups excluding tert-OH is 1. The average molecular weight is 435 g/mol. The molecule has 2 heterocycles. The number of allylic oxidation sites excluding steroid dienone is 2. The van der Waals surface area contributed by atoms with E-state index in [0.29, 0.717) is 16.6 Å². The van der Waals surface area contributed by atoms with E-state index >= 15 is 0 Å². The number of halogens is 5. The van der Waals surface area contributed by atoms with Crippen LogP contribution in [0.1, 0.15) is 12.5 Å².